The van der Waals surface area contributed by atoms with Crippen molar-refractivity contribution in [2.45, 2.75) is 76.7 Å². The molecule has 2 atom stereocenters. The van der Waals surface area contributed by atoms with E-state index < -0.39 is 18.2 Å². The standard InChI is InChI=1S/C31H42N6O5/c1-37(22-24-12-6-3-7-13-24)29(39)18-26(31(40)34-19-23-10-4-2-5-11-23)35-27-21-32-25(20-33-27)15-16-28(38)36-42-30-14-8-9-17-41-30/h3,6-7,12-13,15-16,20-21,23,26,30H,2,4-5,8-11,14,17-19,22H2,1H3,(H,33,35)(H,34,40)(H,36,38)/t26-,30?/m1/s1. The SMILES string of the molecule is CN(Cc1ccccc1)C(=O)C[C@@H](Nc1cnc(C=CC(=O)NOC2CCCCO2)cn1)C(=O)NCC1CCCCC1. The highest BCUT2D eigenvalue weighted by Crippen LogP contribution is 2.23. The Morgan fingerprint density at radius 1 is 1.05 bits per heavy atom. The molecule has 1 saturated carbocycles. The first kappa shape index (κ1) is 31.1. The number of hydrogen-bond donors (Lipinski definition) is 3. The van der Waals surface area contributed by atoms with Gasteiger partial charge in [0.15, 0.2) is 6.29 Å². The molecule has 1 aliphatic heterocycles. The fourth-order valence-electron chi connectivity index (χ4n) is 5.04. The third-order valence-electron chi connectivity index (χ3n) is 7.50. The summed E-state index contributed by atoms with van der Waals surface area (Å²) >= 11 is 0. The van der Waals surface area contributed by atoms with Crippen molar-refractivity contribution in [1.29, 1.82) is 0 Å². The molecule has 11 nitrogen and oxygen atoms in total. The Hall–Kier alpha value is -3.83. The van der Waals surface area contributed by atoms with Crippen LogP contribution in [0.4, 0.5) is 5.82 Å². The summed E-state index contributed by atoms with van der Waals surface area (Å²) in [5, 5.41) is 6.14. The number of anilines is 1. The number of nitrogens with zero attached hydrogens (tertiary/aromatic N) is 3. The van der Waals surface area contributed by atoms with Crippen LogP contribution in [0.25, 0.3) is 6.08 Å². The van der Waals surface area contributed by atoms with Crippen LogP contribution in [0.15, 0.2) is 48.8 Å². The van der Waals surface area contributed by atoms with Crippen LogP contribution in [0.3, 0.4) is 0 Å². The van der Waals surface area contributed by atoms with Crippen LogP contribution in [-0.4, -0.2) is 65.1 Å². The summed E-state index contributed by atoms with van der Waals surface area (Å²) in [7, 11) is 1.73. The first-order valence-corrected chi connectivity index (χ1v) is 14.9. The van der Waals surface area contributed by atoms with E-state index in [0.717, 1.165) is 37.7 Å². The van der Waals surface area contributed by atoms with E-state index in [2.05, 4.69) is 26.1 Å². The van der Waals surface area contributed by atoms with Gasteiger partial charge in [-0.05, 0) is 43.2 Å². The smallest absolute Gasteiger partial charge is 0.267 e. The maximum atomic E-state index is 13.3. The van der Waals surface area contributed by atoms with E-state index in [9.17, 15) is 14.4 Å². The summed E-state index contributed by atoms with van der Waals surface area (Å²) in [4.78, 5) is 54.0. The highest BCUT2D eigenvalue weighted by molar-refractivity contribution is 5.91. The monoisotopic (exact) mass is 578 g/mol. The average Bonchev–Trinajstić information content (AvgIpc) is 3.03. The minimum Gasteiger partial charge on any atom is -0.357 e. The number of hydrogen-bond acceptors (Lipinski definition) is 8. The topological polar surface area (TPSA) is 135 Å². The maximum absolute atomic E-state index is 13.3. The molecule has 1 aliphatic carbocycles. The van der Waals surface area contributed by atoms with Crippen LogP contribution in [0, 0.1) is 5.92 Å². The summed E-state index contributed by atoms with van der Waals surface area (Å²) in [6.07, 6.45) is 13.8. The van der Waals surface area contributed by atoms with Gasteiger partial charge in [-0.15, -0.1) is 0 Å². The number of nitrogens with one attached hydrogen (secondary N) is 3. The van der Waals surface area contributed by atoms with E-state index >= 15 is 0 Å². The van der Waals surface area contributed by atoms with Crippen molar-refractivity contribution in [3.8, 4) is 0 Å². The van der Waals surface area contributed by atoms with Crippen LogP contribution in [-0.2, 0) is 30.5 Å². The molecule has 0 spiro atoms. The molecule has 1 aromatic heterocycles. The van der Waals surface area contributed by atoms with Gasteiger partial charge < -0.3 is 20.3 Å². The molecule has 1 saturated heterocycles. The van der Waals surface area contributed by atoms with Gasteiger partial charge in [0.05, 0.1) is 24.5 Å². The molecule has 1 unspecified atom stereocenters. The Kier molecular flexibility index (Phi) is 12.3. The molecule has 42 heavy (non-hydrogen) atoms. The minimum absolute atomic E-state index is 0.0337. The molecule has 2 aromatic rings. The second-order valence-electron chi connectivity index (χ2n) is 10.9. The molecule has 3 amide bonds. The average molecular weight is 579 g/mol. The van der Waals surface area contributed by atoms with Gasteiger partial charge in [-0.3, -0.25) is 19.4 Å². The largest absolute Gasteiger partial charge is 0.357 e. The van der Waals surface area contributed by atoms with Crippen molar-refractivity contribution >= 4 is 29.6 Å². The molecule has 2 fully saturated rings. The summed E-state index contributed by atoms with van der Waals surface area (Å²) in [6, 6.07) is 8.90. The van der Waals surface area contributed by atoms with Gasteiger partial charge in [0.1, 0.15) is 11.9 Å². The Morgan fingerprint density at radius 2 is 1.83 bits per heavy atom. The van der Waals surface area contributed by atoms with Crippen LogP contribution < -0.4 is 16.1 Å². The van der Waals surface area contributed by atoms with Crippen molar-refractivity contribution in [2.75, 3.05) is 25.5 Å². The van der Waals surface area contributed by atoms with Gasteiger partial charge >= 0.3 is 0 Å². The molecular formula is C31H42N6O5. The Labute approximate surface area is 247 Å². The normalized spacial score (nSPS) is 18.3. The number of benzene rings is 1. The predicted octanol–water partition coefficient (Wildman–Crippen LogP) is 3.59. The molecule has 2 heterocycles. The highest BCUT2D eigenvalue weighted by atomic mass is 16.8. The van der Waals surface area contributed by atoms with Crippen molar-refractivity contribution in [1.82, 2.24) is 25.7 Å². The Bertz CT molecular complexity index is 1160. The van der Waals surface area contributed by atoms with Crippen molar-refractivity contribution in [3.63, 3.8) is 0 Å². The molecule has 0 radical (unpaired) electrons. The number of hydroxylamine groups is 1. The van der Waals surface area contributed by atoms with E-state index in [-0.39, 0.29) is 18.2 Å². The van der Waals surface area contributed by atoms with Gasteiger partial charge in [0.25, 0.3) is 5.91 Å². The third-order valence-corrected chi connectivity index (χ3v) is 7.50. The van der Waals surface area contributed by atoms with E-state index in [1.54, 1.807) is 11.9 Å². The quantitative estimate of drug-likeness (QED) is 0.243. The Morgan fingerprint density at radius 3 is 2.55 bits per heavy atom. The molecule has 2 aliphatic rings. The van der Waals surface area contributed by atoms with Crippen LogP contribution in [0.1, 0.15) is 69.0 Å². The number of ether oxygens (including phenoxy) is 1. The van der Waals surface area contributed by atoms with Crippen LogP contribution in [0.2, 0.25) is 0 Å². The van der Waals surface area contributed by atoms with E-state index in [1.807, 2.05) is 30.3 Å². The second kappa shape index (κ2) is 16.6. The lowest BCUT2D eigenvalue weighted by molar-refractivity contribution is -0.198. The maximum Gasteiger partial charge on any atom is 0.267 e. The fraction of sp³-hybridized carbons (Fsp3) is 0.516. The fourth-order valence-corrected chi connectivity index (χ4v) is 5.04. The zero-order valence-electron chi connectivity index (χ0n) is 24.3. The number of carbonyl (C=O) groups excluding carboxylic acids is 3. The van der Waals surface area contributed by atoms with Crippen LogP contribution >= 0.6 is 0 Å². The predicted molar refractivity (Wildman–Crippen MR) is 158 cm³/mol. The molecular weight excluding hydrogens is 536 g/mol. The summed E-state index contributed by atoms with van der Waals surface area (Å²) < 4.78 is 5.42. The summed E-state index contributed by atoms with van der Waals surface area (Å²) in [6.45, 7) is 1.66. The lowest BCUT2D eigenvalue weighted by Gasteiger charge is -2.25. The molecule has 0 bridgehead atoms. The minimum atomic E-state index is -0.820. The molecule has 226 valence electrons. The van der Waals surface area contributed by atoms with Crippen molar-refractivity contribution in [2.24, 2.45) is 5.92 Å². The molecule has 3 N–H and O–H groups in total. The number of carbonyl (C=O) groups is 3. The number of amides is 3. The number of aromatic nitrogens is 2. The second-order valence-corrected chi connectivity index (χ2v) is 10.9. The van der Waals surface area contributed by atoms with Gasteiger partial charge in [-0.2, -0.15) is 0 Å². The highest BCUT2D eigenvalue weighted by Gasteiger charge is 2.25. The van der Waals surface area contributed by atoms with Crippen molar-refractivity contribution in [3.05, 3.63) is 60.1 Å². The lowest BCUT2D eigenvalue weighted by atomic mass is 9.89. The van der Waals surface area contributed by atoms with Crippen molar-refractivity contribution < 1.29 is 24.0 Å². The molecule has 4 rings (SSSR count). The van der Waals surface area contributed by atoms with E-state index in [4.69, 9.17) is 9.57 Å². The summed E-state index contributed by atoms with van der Waals surface area (Å²) in [5.41, 5.74) is 3.82. The van der Waals surface area contributed by atoms with Gasteiger partial charge in [0, 0.05) is 39.2 Å². The third kappa shape index (κ3) is 10.5. The molecule has 11 heteroatoms. The first-order valence-electron chi connectivity index (χ1n) is 14.9. The first-order chi connectivity index (χ1) is 20.5. The molecule has 1 aromatic carbocycles. The number of rotatable bonds is 13. The van der Waals surface area contributed by atoms with Crippen LogP contribution in [0.5, 0.6) is 0 Å². The van der Waals surface area contributed by atoms with Gasteiger partial charge in [-0.1, -0.05) is 49.6 Å². The van der Waals surface area contributed by atoms with Gasteiger partial charge in [-0.25, -0.2) is 15.3 Å². The Balaban J connectivity index is 1.33. The zero-order valence-corrected chi connectivity index (χ0v) is 24.3. The summed E-state index contributed by atoms with van der Waals surface area (Å²) in [5.74, 6) is -0.0369. The lowest BCUT2D eigenvalue weighted by Crippen LogP contribution is -2.44. The zero-order chi connectivity index (χ0) is 29.6. The van der Waals surface area contributed by atoms with Gasteiger partial charge in [0.2, 0.25) is 11.8 Å². The van der Waals surface area contributed by atoms with E-state index in [0.29, 0.717) is 37.1 Å². The van der Waals surface area contributed by atoms with E-state index in [1.165, 1.54) is 43.8 Å².